The highest BCUT2D eigenvalue weighted by molar-refractivity contribution is 8.01. The molecule has 184 valence electrons. The highest BCUT2D eigenvalue weighted by Crippen LogP contribution is 2.32. The number of thiazole rings is 1. The first kappa shape index (κ1) is 25.2. The molecule has 36 heavy (non-hydrogen) atoms. The van der Waals surface area contributed by atoms with Crippen LogP contribution < -0.4 is 20.1 Å². The lowest BCUT2D eigenvalue weighted by molar-refractivity contribution is -0.113. The van der Waals surface area contributed by atoms with Gasteiger partial charge in [-0.05, 0) is 67.6 Å². The van der Waals surface area contributed by atoms with Gasteiger partial charge in [-0.15, -0.1) is 11.3 Å². The van der Waals surface area contributed by atoms with Crippen LogP contribution in [0.25, 0.3) is 10.2 Å². The standard InChI is InChI=1S/C26H23N3O5S2/c1-15(30)16-4-7-18(8-5-16)27-24(31)14-35-26-29-20-10-9-19(13-23(20)36-26)28-25(32)17-6-11-21(33-2)22(12-17)34-3/h4-13H,14H2,1-3H3,(H,27,31)(H,28,32). The van der Waals surface area contributed by atoms with Crippen molar-refractivity contribution in [1.29, 1.82) is 0 Å². The third-order valence-electron chi connectivity index (χ3n) is 5.17. The lowest BCUT2D eigenvalue weighted by Gasteiger charge is -2.10. The molecular weight excluding hydrogens is 498 g/mol. The second kappa shape index (κ2) is 11.2. The largest absolute Gasteiger partial charge is 0.493 e. The minimum Gasteiger partial charge on any atom is -0.493 e. The molecule has 0 spiro atoms. The average molecular weight is 522 g/mol. The Balaban J connectivity index is 1.37. The number of ketones is 1. The molecule has 8 nitrogen and oxygen atoms in total. The number of methoxy groups -OCH3 is 2. The molecule has 0 saturated carbocycles. The van der Waals surface area contributed by atoms with Gasteiger partial charge in [0, 0.05) is 22.5 Å². The van der Waals surface area contributed by atoms with Gasteiger partial charge in [-0.2, -0.15) is 0 Å². The predicted molar refractivity (Wildman–Crippen MR) is 143 cm³/mol. The summed E-state index contributed by atoms with van der Waals surface area (Å²) in [4.78, 5) is 41.0. The van der Waals surface area contributed by atoms with Crippen molar-refractivity contribution >= 4 is 62.3 Å². The Hall–Kier alpha value is -3.89. The number of anilines is 2. The number of fused-ring (bicyclic) bond motifs is 1. The van der Waals surface area contributed by atoms with Gasteiger partial charge in [0.2, 0.25) is 5.91 Å². The zero-order chi connectivity index (χ0) is 25.7. The summed E-state index contributed by atoms with van der Waals surface area (Å²) in [6.07, 6.45) is 0. The van der Waals surface area contributed by atoms with Crippen molar-refractivity contribution in [3.8, 4) is 11.5 Å². The Morgan fingerprint density at radius 3 is 2.25 bits per heavy atom. The molecule has 0 bridgehead atoms. The summed E-state index contributed by atoms with van der Waals surface area (Å²) in [5.74, 6) is 0.742. The van der Waals surface area contributed by atoms with Crippen molar-refractivity contribution in [2.45, 2.75) is 11.3 Å². The van der Waals surface area contributed by atoms with Gasteiger partial charge < -0.3 is 20.1 Å². The molecule has 2 amide bonds. The Morgan fingerprint density at radius 1 is 0.861 bits per heavy atom. The predicted octanol–water partition coefficient (Wildman–Crippen LogP) is 5.50. The van der Waals surface area contributed by atoms with E-state index in [9.17, 15) is 14.4 Å². The molecule has 1 heterocycles. The van der Waals surface area contributed by atoms with Crippen LogP contribution in [0.15, 0.2) is 65.0 Å². The molecule has 0 fully saturated rings. The van der Waals surface area contributed by atoms with Gasteiger partial charge in [0.05, 0.1) is 30.2 Å². The van der Waals surface area contributed by atoms with E-state index in [-0.39, 0.29) is 23.4 Å². The van der Waals surface area contributed by atoms with Crippen molar-refractivity contribution < 1.29 is 23.9 Å². The van der Waals surface area contributed by atoms with Crippen LogP contribution in [0.3, 0.4) is 0 Å². The molecule has 4 rings (SSSR count). The molecule has 0 saturated heterocycles. The molecule has 0 radical (unpaired) electrons. The third kappa shape index (κ3) is 6.02. The number of ether oxygens (including phenoxy) is 2. The van der Waals surface area contributed by atoms with E-state index in [1.165, 1.54) is 44.2 Å². The van der Waals surface area contributed by atoms with Gasteiger partial charge in [0.15, 0.2) is 21.6 Å². The third-order valence-corrected chi connectivity index (χ3v) is 7.34. The number of hydrogen-bond donors (Lipinski definition) is 2. The quantitative estimate of drug-likeness (QED) is 0.221. The molecule has 0 aliphatic carbocycles. The van der Waals surface area contributed by atoms with Gasteiger partial charge in [0.25, 0.3) is 5.91 Å². The maximum atomic E-state index is 12.7. The fourth-order valence-corrected chi connectivity index (χ4v) is 5.24. The number of carbonyl (C=O) groups is 3. The molecule has 4 aromatic rings. The molecule has 0 atom stereocenters. The van der Waals surface area contributed by atoms with Crippen LogP contribution in [0.5, 0.6) is 11.5 Å². The van der Waals surface area contributed by atoms with Crippen molar-refractivity contribution in [3.63, 3.8) is 0 Å². The molecular formula is C26H23N3O5S2. The number of Topliss-reactive ketones (excluding diaryl/α,β-unsaturated/α-hetero) is 1. The Labute approximate surface area is 216 Å². The van der Waals surface area contributed by atoms with Crippen molar-refractivity contribution in [1.82, 2.24) is 4.98 Å². The molecule has 2 N–H and O–H groups in total. The summed E-state index contributed by atoms with van der Waals surface area (Å²) in [5, 5.41) is 5.70. The van der Waals surface area contributed by atoms with Crippen molar-refractivity contribution in [2.75, 3.05) is 30.6 Å². The van der Waals surface area contributed by atoms with Crippen LogP contribution in [-0.2, 0) is 4.79 Å². The monoisotopic (exact) mass is 521 g/mol. The van der Waals surface area contributed by atoms with E-state index >= 15 is 0 Å². The zero-order valence-electron chi connectivity index (χ0n) is 19.8. The number of amides is 2. The summed E-state index contributed by atoms with van der Waals surface area (Å²) in [6, 6.07) is 17.2. The van der Waals surface area contributed by atoms with E-state index in [1.807, 2.05) is 12.1 Å². The number of carbonyl (C=O) groups excluding carboxylic acids is 3. The Morgan fingerprint density at radius 2 is 1.56 bits per heavy atom. The minimum absolute atomic E-state index is 0.0250. The normalized spacial score (nSPS) is 10.6. The average Bonchev–Trinajstić information content (AvgIpc) is 3.29. The van der Waals surface area contributed by atoms with E-state index in [1.54, 1.807) is 48.5 Å². The van der Waals surface area contributed by atoms with Crippen LogP contribution >= 0.6 is 23.1 Å². The minimum atomic E-state index is -0.276. The summed E-state index contributed by atoms with van der Waals surface area (Å²) < 4.78 is 12.1. The lowest BCUT2D eigenvalue weighted by Crippen LogP contribution is -2.13. The number of thioether (sulfide) groups is 1. The van der Waals surface area contributed by atoms with Crippen LogP contribution in [0.1, 0.15) is 27.6 Å². The smallest absolute Gasteiger partial charge is 0.255 e. The number of rotatable bonds is 9. The van der Waals surface area contributed by atoms with Gasteiger partial charge in [-0.3, -0.25) is 14.4 Å². The number of aromatic nitrogens is 1. The first-order valence-electron chi connectivity index (χ1n) is 10.8. The molecule has 0 aliphatic rings. The van der Waals surface area contributed by atoms with Crippen molar-refractivity contribution in [2.24, 2.45) is 0 Å². The number of nitrogens with zero attached hydrogens (tertiary/aromatic N) is 1. The van der Waals surface area contributed by atoms with Crippen molar-refractivity contribution in [3.05, 3.63) is 71.8 Å². The fourth-order valence-electron chi connectivity index (χ4n) is 3.34. The van der Waals surface area contributed by atoms with E-state index in [0.29, 0.717) is 34.0 Å². The van der Waals surface area contributed by atoms with E-state index < -0.39 is 0 Å². The lowest BCUT2D eigenvalue weighted by atomic mass is 10.1. The molecule has 10 heteroatoms. The SMILES string of the molecule is COc1ccc(C(=O)Nc2ccc3nc(SCC(=O)Nc4ccc(C(C)=O)cc4)sc3c2)cc1OC. The first-order valence-corrected chi connectivity index (χ1v) is 12.6. The summed E-state index contributed by atoms with van der Waals surface area (Å²) >= 11 is 2.78. The summed E-state index contributed by atoms with van der Waals surface area (Å²) in [7, 11) is 3.05. The summed E-state index contributed by atoms with van der Waals surface area (Å²) in [6.45, 7) is 1.50. The highest BCUT2D eigenvalue weighted by atomic mass is 32.2. The Bertz CT molecular complexity index is 1430. The van der Waals surface area contributed by atoms with Crippen LogP contribution in [0, 0.1) is 0 Å². The van der Waals surface area contributed by atoms with Crippen LogP contribution in [0.2, 0.25) is 0 Å². The zero-order valence-corrected chi connectivity index (χ0v) is 21.4. The van der Waals surface area contributed by atoms with Crippen LogP contribution in [-0.4, -0.2) is 42.6 Å². The van der Waals surface area contributed by atoms with Gasteiger partial charge >= 0.3 is 0 Å². The fraction of sp³-hybridized carbons (Fsp3) is 0.154. The Kier molecular flexibility index (Phi) is 7.87. The number of nitrogens with one attached hydrogen (secondary N) is 2. The first-order chi connectivity index (χ1) is 17.4. The molecule has 0 unspecified atom stereocenters. The second-order valence-electron chi connectivity index (χ2n) is 7.66. The maximum absolute atomic E-state index is 12.7. The number of hydrogen-bond acceptors (Lipinski definition) is 8. The van der Waals surface area contributed by atoms with Crippen LogP contribution in [0.4, 0.5) is 11.4 Å². The van der Waals surface area contributed by atoms with E-state index in [2.05, 4.69) is 15.6 Å². The topological polar surface area (TPSA) is 107 Å². The molecule has 0 aliphatic heterocycles. The van der Waals surface area contributed by atoms with Gasteiger partial charge in [0.1, 0.15) is 0 Å². The number of benzene rings is 3. The van der Waals surface area contributed by atoms with E-state index in [0.717, 1.165) is 14.6 Å². The second-order valence-corrected chi connectivity index (χ2v) is 9.91. The highest BCUT2D eigenvalue weighted by Gasteiger charge is 2.13. The van der Waals surface area contributed by atoms with Gasteiger partial charge in [-0.1, -0.05) is 11.8 Å². The molecule has 1 aromatic heterocycles. The van der Waals surface area contributed by atoms with E-state index in [4.69, 9.17) is 9.47 Å². The summed E-state index contributed by atoms with van der Waals surface area (Å²) in [5.41, 5.74) is 3.08. The molecule has 3 aromatic carbocycles. The maximum Gasteiger partial charge on any atom is 0.255 e. The van der Waals surface area contributed by atoms with Gasteiger partial charge in [-0.25, -0.2) is 4.98 Å².